The van der Waals surface area contributed by atoms with E-state index in [1.165, 1.54) is 30.5 Å². The zero-order valence-electron chi connectivity index (χ0n) is 16.5. The van der Waals surface area contributed by atoms with Crippen molar-refractivity contribution in [2.24, 2.45) is 0 Å². The summed E-state index contributed by atoms with van der Waals surface area (Å²) in [5.41, 5.74) is -1.37. The number of nitrogens with one attached hydrogen (secondary N) is 3. The average Bonchev–Trinajstić information content (AvgIpc) is 2.76. The van der Waals surface area contributed by atoms with Crippen LogP contribution in [-0.2, 0) is 6.18 Å². The molecule has 33 heavy (non-hydrogen) atoms. The highest BCUT2D eigenvalue weighted by Gasteiger charge is 2.33. The Morgan fingerprint density at radius 2 is 1.82 bits per heavy atom. The highest BCUT2D eigenvalue weighted by molar-refractivity contribution is 6.31. The van der Waals surface area contributed by atoms with Gasteiger partial charge in [-0.1, -0.05) is 17.7 Å². The first-order valence-corrected chi connectivity index (χ1v) is 9.57. The molecule has 0 saturated heterocycles. The van der Waals surface area contributed by atoms with Crippen LogP contribution < -0.4 is 20.7 Å². The van der Waals surface area contributed by atoms with Crippen molar-refractivity contribution in [1.29, 1.82) is 0 Å². The molecule has 2 aromatic carbocycles. The molecule has 7 nitrogen and oxygen atoms in total. The van der Waals surface area contributed by atoms with Crippen molar-refractivity contribution >= 4 is 34.9 Å². The monoisotopic (exact) mass is 482 g/mol. The van der Waals surface area contributed by atoms with E-state index >= 15 is 0 Å². The molecule has 172 valence electrons. The second-order valence-corrected chi connectivity index (χ2v) is 6.83. The van der Waals surface area contributed by atoms with Gasteiger partial charge in [-0.05, 0) is 42.5 Å². The predicted molar refractivity (Wildman–Crippen MR) is 113 cm³/mol. The lowest BCUT2D eigenvalue weighted by Gasteiger charge is -2.13. The Morgan fingerprint density at radius 3 is 2.48 bits per heavy atom. The maximum Gasteiger partial charge on any atom is 0.417 e. The number of ether oxygens (including phenoxy) is 1. The van der Waals surface area contributed by atoms with Crippen molar-refractivity contribution < 1.29 is 31.9 Å². The van der Waals surface area contributed by atoms with Crippen LogP contribution in [0.3, 0.4) is 0 Å². The second-order valence-electron chi connectivity index (χ2n) is 6.42. The normalized spacial score (nSPS) is 10.9. The summed E-state index contributed by atoms with van der Waals surface area (Å²) in [6.07, 6.45) is -3.25. The number of benzene rings is 2. The van der Waals surface area contributed by atoms with Gasteiger partial charge in [-0.25, -0.2) is 9.18 Å². The van der Waals surface area contributed by atoms with Crippen molar-refractivity contribution in [1.82, 2.24) is 10.3 Å². The summed E-state index contributed by atoms with van der Waals surface area (Å²) in [5.74, 6) is -1.29. The number of alkyl halides is 3. The molecule has 1 heterocycles. The smallest absolute Gasteiger partial charge is 0.417 e. The van der Waals surface area contributed by atoms with Crippen LogP contribution >= 0.6 is 11.6 Å². The van der Waals surface area contributed by atoms with E-state index in [2.05, 4.69) is 20.9 Å². The molecule has 3 N–H and O–H groups in total. The molecule has 0 saturated carbocycles. The van der Waals surface area contributed by atoms with E-state index in [9.17, 15) is 27.2 Å². The summed E-state index contributed by atoms with van der Waals surface area (Å²) < 4.78 is 58.3. The Labute approximate surface area is 189 Å². The van der Waals surface area contributed by atoms with E-state index in [4.69, 9.17) is 16.3 Å². The molecular formula is C21H15ClF4N4O3. The van der Waals surface area contributed by atoms with Gasteiger partial charge in [-0.3, -0.25) is 9.78 Å². The largest absolute Gasteiger partial charge is 0.473 e. The maximum absolute atomic E-state index is 14.3. The van der Waals surface area contributed by atoms with Crippen LogP contribution in [0.25, 0.3) is 0 Å². The van der Waals surface area contributed by atoms with Gasteiger partial charge < -0.3 is 20.7 Å². The minimum atomic E-state index is -4.70. The van der Waals surface area contributed by atoms with Gasteiger partial charge in [0.25, 0.3) is 5.91 Å². The van der Waals surface area contributed by atoms with Crippen LogP contribution in [0.5, 0.6) is 5.75 Å². The van der Waals surface area contributed by atoms with Gasteiger partial charge in [0, 0.05) is 18.0 Å². The minimum Gasteiger partial charge on any atom is -0.473 e. The topological polar surface area (TPSA) is 92.4 Å². The summed E-state index contributed by atoms with van der Waals surface area (Å²) >= 11 is 5.53. The summed E-state index contributed by atoms with van der Waals surface area (Å²) in [6.45, 7) is -0.264. The first-order valence-electron chi connectivity index (χ1n) is 9.20. The van der Waals surface area contributed by atoms with Crippen molar-refractivity contribution in [3.05, 3.63) is 82.9 Å². The first-order chi connectivity index (χ1) is 15.6. The van der Waals surface area contributed by atoms with E-state index < -0.39 is 34.5 Å². The summed E-state index contributed by atoms with van der Waals surface area (Å²) in [6, 6.07) is 10.1. The quantitative estimate of drug-likeness (QED) is 0.328. The number of rotatable bonds is 6. The van der Waals surface area contributed by atoms with Crippen molar-refractivity contribution in [2.75, 3.05) is 17.4 Å². The number of nitrogens with zero attached hydrogens (tertiary/aromatic N) is 1. The molecule has 0 aliphatic rings. The Morgan fingerprint density at radius 1 is 1.03 bits per heavy atom. The van der Waals surface area contributed by atoms with Gasteiger partial charge in [-0.15, -0.1) is 0 Å². The fourth-order valence-corrected chi connectivity index (χ4v) is 2.79. The highest BCUT2D eigenvalue weighted by atomic mass is 35.5. The zero-order chi connectivity index (χ0) is 24.0. The third-order valence-corrected chi connectivity index (χ3v) is 4.42. The molecule has 1 aromatic heterocycles. The third kappa shape index (κ3) is 6.56. The average molecular weight is 483 g/mol. The van der Waals surface area contributed by atoms with Gasteiger partial charge in [0.2, 0.25) is 0 Å². The lowest BCUT2D eigenvalue weighted by atomic mass is 10.2. The van der Waals surface area contributed by atoms with Gasteiger partial charge in [0.15, 0.2) is 6.73 Å². The number of urea groups is 1. The van der Waals surface area contributed by atoms with Crippen LogP contribution in [0, 0.1) is 5.82 Å². The Kier molecular flexibility index (Phi) is 7.34. The number of pyridine rings is 1. The van der Waals surface area contributed by atoms with Crippen molar-refractivity contribution in [2.45, 2.75) is 6.18 Å². The SMILES string of the molecule is O=C(Nc1ccc(Cl)c(C(F)(F)F)c1)Nc1ccc(OCNC(=O)c2ccccn2)cc1F. The van der Waals surface area contributed by atoms with E-state index in [1.54, 1.807) is 12.1 Å². The van der Waals surface area contributed by atoms with E-state index in [-0.39, 0.29) is 29.5 Å². The summed E-state index contributed by atoms with van der Waals surface area (Å²) in [7, 11) is 0. The fraction of sp³-hybridized carbons (Fsp3) is 0.0952. The number of carbonyl (C=O) groups excluding carboxylic acids is 2. The number of aromatic nitrogens is 1. The standard InChI is InChI=1S/C21H15ClF4N4O3/c22-15-6-4-12(9-14(15)21(24,25)26)29-20(32)30-17-7-5-13(10-16(17)23)33-11-28-19(31)18-3-1-2-8-27-18/h1-10H,11H2,(H,28,31)(H2,29,30,32). The van der Waals surface area contributed by atoms with Crippen molar-refractivity contribution in [3.8, 4) is 5.75 Å². The molecular weight excluding hydrogens is 468 g/mol. The Bertz CT molecular complexity index is 1160. The molecule has 0 fully saturated rings. The molecule has 0 spiro atoms. The van der Waals surface area contributed by atoms with Gasteiger partial charge in [0.1, 0.15) is 17.3 Å². The van der Waals surface area contributed by atoms with Crippen LogP contribution in [-0.4, -0.2) is 23.7 Å². The zero-order valence-corrected chi connectivity index (χ0v) is 17.3. The molecule has 0 unspecified atom stereocenters. The molecule has 3 amide bonds. The Balaban J connectivity index is 1.56. The van der Waals surface area contributed by atoms with E-state index in [0.29, 0.717) is 6.07 Å². The minimum absolute atomic E-state index is 0.0623. The molecule has 0 aliphatic heterocycles. The fourth-order valence-electron chi connectivity index (χ4n) is 2.56. The van der Waals surface area contributed by atoms with Gasteiger partial charge >= 0.3 is 12.2 Å². The Hall–Kier alpha value is -3.86. The second kappa shape index (κ2) is 10.2. The number of amides is 3. The number of hydrogen-bond acceptors (Lipinski definition) is 4. The molecule has 0 radical (unpaired) electrons. The van der Waals surface area contributed by atoms with Crippen molar-refractivity contribution in [3.63, 3.8) is 0 Å². The predicted octanol–water partition coefficient (Wildman–Crippen LogP) is 5.30. The van der Waals surface area contributed by atoms with E-state index in [1.807, 2.05) is 0 Å². The van der Waals surface area contributed by atoms with Crippen LogP contribution in [0.4, 0.5) is 33.7 Å². The van der Waals surface area contributed by atoms with Gasteiger partial charge in [0.05, 0.1) is 16.3 Å². The maximum atomic E-state index is 14.3. The lowest BCUT2D eigenvalue weighted by Crippen LogP contribution is -2.28. The molecule has 3 rings (SSSR count). The highest BCUT2D eigenvalue weighted by Crippen LogP contribution is 2.36. The number of carbonyl (C=O) groups is 2. The molecule has 0 aliphatic carbocycles. The molecule has 12 heteroatoms. The third-order valence-electron chi connectivity index (χ3n) is 4.09. The van der Waals surface area contributed by atoms with Crippen LogP contribution in [0.15, 0.2) is 60.8 Å². The molecule has 0 bridgehead atoms. The summed E-state index contributed by atoms with van der Waals surface area (Å²) in [4.78, 5) is 27.8. The summed E-state index contributed by atoms with van der Waals surface area (Å²) in [5, 5.41) is 6.28. The molecule has 3 aromatic rings. The van der Waals surface area contributed by atoms with E-state index in [0.717, 1.165) is 12.1 Å². The van der Waals surface area contributed by atoms with Crippen LogP contribution in [0.2, 0.25) is 5.02 Å². The number of hydrogen-bond donors (Lipinski definition) is 3. The number of anilines is 2. The number of halogens is 5. The molecule has 0 atom stereocenters. The van der Waals surface area contributed by atoms with Crippen LogP contribution in [0.1, 0.15) is 16.1 Å². The lowest BCUT2D eigenvalue weighted by molar-refractivity contribution is -0.137. The van der Waals surface area contributed by atoms with Gasteiger partial charge in [-0.2, -0.15) is 13.2 Å². The first kappa shape index (κ1) is 23.8.